The van der Waals surface area contributed by atoms with Gasteiger partial charge in [-0.15, -0.1) is 0 Å². The number of nitrogens with one attached hydrogen (secondary N) is 1. The molecule has 0 aliphatic rings. The van der Waals surface area contributed by atoms with E-state index in [-0.39, 0.29) is 17.9 Å². The zero-order valence-corrected chi connectivity index (χ0v) is 8.79. The Morgan fingerprint density at radius 2 is 2.38 bits per heavy atom. The summed E-state index contributed by atoms with van der Waals surface area (Å²) in [6.45, 7) is 2.12. The zero-order chi connectivity index (χ0) is 12.0. The molecule has 84 valence electrons. The van der Waals surface area contributed by atoms with E-state index >= 15 is 0 Å². The summed E-state index contributed by atoms with van der Waals surface area (Å²) in [5.74, 6) is -0.889. The van der Waals surface area contributed by atoms with Gasteiger partial charge >= 0.3 is 0 Å². The lowest BCUT2D eigenvalue weighted by Crippen LogP contribution is -2.12. The second-order valence-corrected chi connectivity index (χ2v) is 2.93. The summed E-state index contributed by atoms with van der Waals surface area (Å²) < 4.78 is 18.6. The van der Waals surface area contributed by atoms with Crippen molar-refractivity contribution in [1.82, 2.24) is 0 Å². The lowest BCUT2D eigenvalue weighted by molar-refractivity contribution is -0.115. The molecule has 0 fully saturated rings. The summed E-state index contributed by atoms with van der Waals surface area (Å²) >= 11 is 0. The van der Waals surface area contributed by atoms with Crippen molar-refractivity contribution >= 4 is 11.6 Å². The number of nitriles is 1. The molecule has 0 aliphatic carbocycles. The fraction of sp³-hybridized carbons (Fsp3) is 0.273. The van der Waals surface area contributed by atoms with Crippen LogP contribution in [0.15, 0.2) is 18.2 Å². The quantitative estimate of drug-likeness (QED) is 0.848. The lowest BCUT2D eigenvalue weighted by atomic mass is 10.2. The number of ether oxygens (including phenoxy) is 1. The first-order valence-electron chi connectivity index (χ1n) is 4.77. The number of para-hydroxylation sites is 1. The van der Waals surface area contributed by atoms with Crippen LogP contribution in [0.2, 0.25) is 0 Å². The summed E-state index contributed by atoms with van der Waals surface area (Å²) in [6, 6.07) is 5.93. The number of carbonyl (C=O) groups is 1. The topological polar surface area (TPSA) is 62.1 Å². The molecule has 1 aromatic rings. The number of benzene rings is 1. The second-order valence-electron chi connectivity index (χ2n) is 2.93. The van der Waals surface area contributed by atoms with Gasteiger partial charge in [-0.3, -0.25) is 4.79 Å². The van der Waals surface area contributed by atoms with Crippen LogP contribution in [0.3, 0.4) is 0 Å². The molecule has 0 unspecified atom stereocenters. The Morgan fingerprint density at radius 1 is 1.62 bits per heavy atom. The molecule has 0 heterocycles. The summed E-state index contributed by atoms with van der Waals surface area (Å²) in [4.78, 5) is 11.2. The molecule has 0 saturated heterocycles. The minimum atomic E-state index is -0.586. The number of rotatable bonds is 4. The molecule has 5 heteroatoms. The molecule has 0 saturated carbocycles. The van der Waals surface area contributed by atoms with Gasteiger partial charge in [0.15, 0.2) is 5.82 Å². The van der Waals surface area contributed by atoms with E-state index in [1.165, 1.54) is 12.1 Å². The Balaban J connectivity index is 2.92. The van der Waals surface area contributed by atoms with Crippen molar-refractivity contribution in [2.24, 2.45) is 0 Å². The Labute approximate surface area is 92.6 Å². The van der Waals surface area contributed by atoms with E-state index in [1.807, 2.05) is 0 Å². The van der Waals surface area contributed by atoms with Crippen molar-refractivity contribution in [3.8, 4) is 11.8 Å². The van der Waals surface area contributed by atoms with E-state index in [1.54, 1.807) is 19.1 Å². The fourth-order valence-corrected chi connectivity index (χ4v) is 1.16. The van der Waals surface area contributed by atoms with Crippen LogP contribution < -0.4 is 10.1 Å². The maximum Gasteiger partial charge on any atom is 0.238 e. The van der Waals surface area contributed by atoms with E-state index in [0.29, 0.717) is 6.61 Å². The number of amides is 1. The molecular formula is C11H11FN2O2. The highest BCUT2D eigenvalue weighted by Crippen LogP contribution is 2.27. The van der Waals surface area contributed by atoms with Crippen LogP contribution in [0.25, 0.3) is 0 Å². The average Bonchev–Trinajstić information content (AvgIpc) is 2.24. The third kappa shape index (κ3) is 2.95. The van der Waals surface area contributed by atoms with E-state index in [2.05, 4.69) is 5.32 Å². The standard InChI is InChI=1S/C11H11FN2O2/c1-2-16-9-5-3-4-8(12)11(9)14-10(15)6-7-13/h3-5H,2,6H2,1H3,(H,14,15). The van der Waals surface area contributed by atoms with Gasteiger partial charge in [0.05, 0.1) is 12.7 Å². The van der Waals surface area contributed by atoms with Crippen LogP contribution in [0, 0.1) is 17.1 Å². The normalized spacial score (nSPS) is 9.31. The number of carbonyl (C=O) groups excluding carboxylic acids is 1. The van der Waals surface area contributed by atoms with Gasteiger partial charge in [0.25, 0.3) is 0 Å². The van der Waals surface area contributed by atoms with Gasteiger partial charge in [-0.25, -0.2) is 4.39 Å². The van der Waals surface area contributed by atoms with Gasteiger partial charge in [0, 0.05) is 0 Å². The van der Waals surface area contributed by atoms with Crippen molar-refractivity contribution in [1.29, 1.82) is 5.26 Å². The van der Waals surface area contributed by atoms with Crippen LogP contribution >= 0.6 is 0 Å². The van der Waals surface area contributed by atoms with Crippen LogP contribution in [0.4, 0.5) is 10.1 Å². The molecule has 1 aromatic carbocycles. The van der Waals surface area contributed by atoms with Gasteiger partial charge in [-0.2, -0.15) is 5.26 Å². The Hall–Kier alpha value is -2.09. The molecule has 1 N–H and O–H groups in total. The molecule has 0 atom stereocenters. The average molecular weight is 222 g/mol. The largest absolute Gasteiger partial charge is 0.492 e. The molecule has 0 radical (unpaired) electrons. The summed E-state index contributed by atoms with van der Waals surface area (Å²) in [5, 5.41) is 10.6. The van der Waals surface area contributed by atoms with Gasteiger partial charge in [0.1, 0.15) is 17.9 Å². The number of nitrogens with zero attached hydrogens (tertiary/aromatic N) is 1. The minimum absolute atomic E-state index is 0.0235. The molecule has 0 bridgehead atoms. The smallest absolute Gasteiger partial charge is 0.238 e. The predicted octanol–water partition coefficient (Wildman–Crippen LogP) is 2.08. The highest BCUT2D eigenvalue weighted by Gasteiger charge is 2.12. The third-order valence-corrected chi connectivity index (χ3v) is 1.78. The Kier molecular flexibility index (Phi) is 4.28. The van der Waals surface area contributed by atoms with Crippen molar-refractivity contribution in [3.05, 3.63) is 24.0 Å². The van der Waals surface area contributed by atoms with Crippen molar-refractivity contribution in [2.75, 3.05) is 11.9 Å². The Bertz CT molecular complexity index is 426. The molecule has 1 amide bonds. The van der Waals surface area contributed by atoms with Crippen molar-refractivity contribution in [3.63, 3.8) is 0 Å². The molecule has 4 nitrogen and oxygen atoms in total. The van der Waals surface area contributed by atoms with Crippen molar-refractivity contribution < 1.29 is 13.9 Å². The van der Waals surface area contributed by atoms with Gasteiger partial charge in [-0.05, 0) is 19.1 Å². The molecule has 0 aliphatic heterocycles. The minimum Gasteiger partial charge on any atom is -0.492 e. The van der Waals surface area contributed by atoms with Gasteiger partial charge in [-0.1, -0.05) is 6.07 Å². The molecule has 0 spiro atoms. The molecule has 16 heavy (non-hydrogen) atoms. The number of anilines is 1. The molecule has 1 rings (SSSR count). The van der Waals surface area contributed by atoms with Crippen LogP contribution in [-0.4, -0.2) is 12.5 Å². The lowest BCUT2D eigenvalue weighted by Gasteiger charge is -2.11. The summed E-state index contributed by atoms with van der Waals surface area (Å²) in [7, 11) is 0. The van der Waals surface area contributed by atoms with E-state index in [0.717, 1.165) is 0 Å². The summed E-state index contributed by atoms with van der Waals surface area (Å²) in [6.07, 6.45) is -0.320. The zero-order valence-electron chi connectivity index (χ0n) is 8.79. The number of hydrogen-bond donors (Lipinski definition) is 1. The first-order chi connectivity index (χ1) is 7.69. The fourth-order valence-electron chi connectivity index (χ4n) is 1.16. The van der Waals surface area contributed by atoms with Crippen LogP contribution in [0.5, 0.6) is 5.75 Å². The summed E-state index contributed by atoms with van der Waals surface area (Å²) in [5.41, 5.74) is -0.0235. The third-order valence-electron chi connectivity index (χ3n) is 1.78. The van der Waals surface area contributed by atoms with Crippen LogP contribution in [-0.2, 0) is 4.79 Å². The highest BCUT2D eigenvalue weighted by atomic mass is 19.1. The van der Waals surface area contributed by atoms with E-state index in [4.69, 9.17) is 10.00 Å². The van der Waals surface area contributed by atoms with Crippen molar-refractivity contribution in [2.45, 2.75) is 13.3 Å². The van der Waals surface area contributed by atoms with Crippen LogP contribution in [0.1, 0.15) is 13.3 Å². The number of halogens is 1. The van der Waals surface area contributed by atoms with E-state index < -0.39 is 11.7 Å². The highest BCUT2D eigenvalue weighted by molar-refractivity contribution is 5.93. The first-order valence-corrected chi connectivity index (χ1v) is 4.77. The monoisotopic (exact) mass is 222 g/mol. The van der Waals surface area contributed by atoms with Gasteiger partial charge < -0.3 is 10.1 Å². The number of hydrogen-bond acceptors (Lipinski definition) is 3. The Morgan fingerprint density at radius 3 is 3.00 bits per heavy atom. The molecule has 0 aromatic heterocycles. The predicted molar refractivity (Wildman–Crippen MR) is 56.4 cm³/mol. The maximum atomic E-state index is 13.4. The second kappa shape index (κ2) is 5.71. The van der Waals surface area contributed by atoms with Gasteiger partial charge in [0.2, 0.25) is 5.91 Å². The molecular weight excluding hydrogens is 211 g/mol. The van der Waals surface area contributed by atoms with E-state index in [9.17, 15) is 9.18 Å². The SMILES string of the molecule is CCOc1cccc(F)c1NC(=O)CC#N. The first kappa shape index (κ1) is 12.0. The maximum absolute atomic E-state index is 13.4.